The Bertz CT molecular complexity index is 643. The van der Waals surface area contributed by atoms with Crippen LogP contribution in [-0.2, 0) is 20.7 Å². The number of aromatic amines is 1. The summed E-state index contributed by atoms with van der Waals surface area (Å²) in [7, 11) is -3.32. The normalized spacial score (nSPS) is 12.1. The second kappa shape index (κ2) is 5.12. The molecule has 0 aliphatic carbocycles. The number of aromatic nitrogens is 1. The highest BCUT2D eigenvalue weighted by atomic mass is 32.2. The van der Waals surface area contributed by atoms with Crippen molar-refractivity contribution in [2.45, 2.75) is 19.8 Å². The van der Waals surface area contributed by atoms with Crippen LogP contribution < -0.4 is 0 Å². The van der Waals surface area contributed by atoms with Crippen molar-refractivity contribution in [3.05, 3.63) is 35.5 Å². The van der Waals surface area contributed by atoms with Gasteiger partial charge in [-0.3, -0.25) is 4.18 Å². The summed E-state index contributed by atoms with van der Waals surface area (Å²) >= 11 is 0. The number of para-hydroxylation sites is 1. The van der Waals surface area contributed by atoms with Gasteiger partial charge >= 0.3 is 0 Å². The van der Waals surface area contributed by atoms with E-state index in [1.807, 2.05) is 12.3 Å². The van der Waals surface area contributed by atoms with E-state index in [1.165, 1.54) is 16.5 Å². The van der Waals surface area contributed by atoms with Crippen molar-refractivity contribution in [2.75, 3.05) is 12.9 Å². The van der Waals surface area contributed by atoms with Crippen LogP contribution >= 0.6 is 0 Å². The van der Waals surface area contributed by atoms with Gasteiger partial charge in [0.05, 0.1) is 12.9 Å². The molecule has 1 N–H and O–H groups in total. The van der Waals surface area contributed by atoms with Crippen LogP contribution in [0.2, 0.25) is 0 Å². The third-order valence-electron chi connectivity index (χ3n) is 2.90. The molecule has 0 saturated carbocycles. The van der Waals surface area contributed by atoms with Crippen molar-refractivity contribution in [1.29, 1.82) is 0 Å². The quantitative estimate of drug-likeness (QED) is 0.668. The predicted octanol–water partition coefficient (Wildman–Crippen LogP) is 2.39. The number of rotatable bonds is 5. The second-order valence-electron chi connectivity index (χ2n) is 4.44. The molecule has 0 amide bonds. The number of nitrogens with one attached hydrogen (secondary N) is 1. The second-order valence-corrected chi connectivity index (χ2v) is 6.08. The molecular formula is C13H17NO3S. The monoisotopic (exact) mass is 267 g/mol. The van der Waals surface area contributed by atoms with E-state index in [2.05, 4.69) is 24.0 Å². The third kappa shape index (κ3) is 3.11. The number of aryl methyl sites for hydroxylation is 2. The fraction of sp³-hybridized carbons (Fsp3) is 0.385. The number of benzene rings is 1. The lowest BCUT2D eigenvalue weighted by Gasteiger charge is -2.01. The summed E-state index contributed by atoms with van der Waals surface area (Å²) in [4.78, 5) is 3.25. The van der Waals surface area contributed by atoms with Gasteiger partial charge in [0.15, 0.2) is 0 Å². The molecule has 1 aromatic carbocycles. The minimum atomic E-state index is -3.32. The van der Waals surface area contributed by atoms with Gasteiger partial charge in [-0.15, -0.1) is 0 Å². The first kappa shape index (κ1) is 13.1. The molecule has 98 valence electrons. The van der Waals surface area contributed by atoms with E-state index in [0.29, 0.717) is 6.42 Å². The van der Waals surface area contributed by atoms with Gasteiger partial charge in [0.25, 0.3) is 10.1 Å². The molecule has 0 radical (unpaired) electrons. The number of hydrogen-bond acceptors (Lipinski definition) is 3. The lowest BCUT2D eigenvalue weighted by Crippen LogP contribution is -2.04. The maximum atomic E-state index is 10.8. The van der Waals surface area contributed by atoms with Gasteiger partial charge in [-0.05, 0) is 30.9 Å². The minimum Gasteiger partial charge on any atom is -0.361 e. The molecule has 0 atom stereocenters. The Hall–Kier alpha value is -1.33. The molecular weight excluding hydrogens is 250 g/mol. The van der Waals surface area contributed by atoms with Crippen molar-refractivity contribution < 1.29 is 12.6 Å². The van der Waals surface area contributed by atoms with Crippen LogP contribution in [-0.4, -0.2) is 26.3 Å². The average molecular weight is 267 g/mol. The van der Waals surface area contributed by atoms with Gasteiger partial charge in [0.1, 0.15) is 0 Å². The minimum absolute atomic E-state index is 0.233. The number of fused-ring (bicyclic) bond motifs is 1. The summed E-state index contributed by atoms with van der Waals surface area (Å²) in [5, 5.41) is 1.20. The Morgan fingerprint density at radius 3 is 2.83 bits per heavy atom. The molecule has 18 heavy (non-hydrogen) atoms. The lowest BCUT2D eigenvalue weighted by molar-refractivity contribution is 0.316. The van der Waals surface area contributed by atoms with E-state index in [0.717, 1.165) is 18.2 Å². The van der Waals surface area contributed by atoms with Crippen LogP contribution in [0.15, 0.2) is 24.4 Å². The molecule has 0 unspecified atom stereocenters. The topological polar surface area (TPSA) is 59.2 Å². The molecule has 1 heterocycles. The van der Waals surface area contributed by atoms with Gasteiger partial charge in [-0.25, -0.2) is 0 Å². The summed E-state index contributed by atoms with van der Waals surface area (Å²) in [6.45, 7) is 2.30. The van der Waals surface area contributed by atoms with Crippen molar-refractivity contribution in [1.82, 2.24) is 4.98 Å². The SMILES string of the molecule is Cc1cccc2c(CCCOS(C)(=O)=O)c[nH]c12. The van der Waals surface area contributed by atoms with Crippen molar-refractivity contribution in [3.63, 3.8) is 0 Å². The van der Waals surface area contributed by atoms with Crippen molar-refractivity contribution in [3.8, 4) is 0 Å². The Balaban J connectivity index is 2.02. The van der Waals surface area contributed by atoms with Crippen LogP contribution in [0.4, 0.5) is 0 Å². The van der Waals surface area contributed by atoms with Gasteiger partial charge in [-0.1, -0.05) is 18.2 Å². The van der Waals surface area contributed by atoms with Gasteiger partial charge in [-0.2, -0.15) is 8.42 Å². The fourth-order valence-electron chi connectivity index (χ4n) is 2.04. The van der Waals surface area contributed by atoms with Crippen LogP contribution in [0.25, 0.3) is 10.9 Å². The summed E-state index contributed by atoms with van der Waals surface area (Å²) in [5.41, 5.74) is 3.56. The molecule has 0 fully saturated rings. The summed E-state index contributed by atoms with van der Waals surface area (Å²) in [6.07, 6.45) is 4.55. The standard InChI is InChI=1S/C13H17NO3S/c1-10-5-3-7-12-11(9-14-13(10)12)6-4-8-17-18(2,15)16/h3,5,7,9,14H,4,6,8H2,1-2H3. The van der Waals surface area contributed by atoms with Crippen molar-refractivity contribution in [2.24, 2.45) is 0 Å². The first-order valence-corrected chi connectivity index (χ1v) is 7.69. The fourth-order valence-corrected chi connectivity index (χ4v) is 2.46. The maximum absolute atomic E-state index is 10.8. The maximum Gasteiger partial charge on any atom is 0.264 e. The van der Waals surface area contributed by atoms with E-state index in [4.69, 9.17) is 4.18 Å². The molecule has 0 saturated heterocycles. The van der Waals surface area contributed by atoms with Crippen molar-refractivity contribution >= 4 is 21.0 Å². The Morgan fingerprint density at radius 2 is 2.11 bits per heavy atom. The summed E-state index contributed by atoms with van der Waals surface area (Å²) < 4.78 is 26.4. The largest absolute Gasteiger partial charge is 0.361 e. The first-order chi connectivity index (χ1) is 8.47. The zero-order valence-electron chi connectivity index (χ0n) is 10.6. The van der Waals surface area contributed by atoms with E-state index in [-0.39, 0.29) is 6.61 Å². The van der Waals surface area contributed by atoms with Gasteiger partial charge in [0.2, 0.25) is 0 Å². The van der Waals surface area contributed by atoms with E-state index in [9.17, 15) is 8.42 Å². The van der Waals surface area contributed by atoms with Crippen LogP contribution in [0.3, 0.4) is 0 Å². The highest BCUT2D eigenvalue weighted by molar-refractivity contribution is 7.85. The van der Waals surface area contributed by atoms with E-state index < -0.39 is 10.1 Å². The molecule has 0 spiro atoms. The van der Waals surface area contributed by atoms with Crippen LogP contribution in [0.5, 0.6) is 0 Å². The van der Waals surface area contributed by atoms with Crippen LogP contribution in [0, 0.1) is 6.92 Å². The van der Waals surface area contributed by atoms with E-state index in [1.54, 1.807) is 0 Å². The third-order valence-corrected chi connectivity index (χ3v) is 3.49. The molecule has 2 aromatic rings. The molecule has 4 nitrogen and oxygen atoms in total. The summed E-state index contributed by atoms with van der Waals surface area (Å²) in [5.74, 6) is 0. The predicted molar refractivity (Wildman–Crippen MR) is 72.2 cm³/mol. The lowest BCUT2D eigenvalue weighted by atomic mass is 10.1. The Labute approximate surface area is 107 Å². The molecule has 2 rings (SSSR count). The number of H-pyrrole nitrogens is 1. The first-order valence-electron chi connectivity index (χ1n) is 5.87. The average Bonchev–Trinajstić information content (AvgIpc) is 2.68. The van der Waals surface area contributed by atoms with Gasteiger partial charge < -0.3 is 4.98 Å². The molecule has 5 heteroatoms. The Morgan fingerprint density at radius 1 is 1.33 bits per heavy atom. The highest BCUT2D eigenvalue weighted by Gasteiger charge is 2.06. The Kier molecular flexibility index (Phi) is 3.73. The zero-order chi connectivity index (χ0) is 13.2. The highest BCUT2D eigenvalue weighted by Crippen LogP contribution is 2.22. The van der Waals surface area contributed by atoms with Crippen LogP contribution in [0.1, 0.15) is 17.5 Å². The van der Waals surface area contributed by atoms with Gasteiger partial charge in [0, 0.05) is 17.1 Å². The smallest absolute Gasteiger partial charge is 0.264 e. The molecule has 0 aliphatic heterocycles. The molecule has 0 aliphatic rings. The zero-order valence-corrected chi connectivity index (χ0v) is 11.4. The molecule has 0 bridgehead atoms. The van der Waals surface area contributed by atoms with E-state index >= 15 is 0 Å². The molecule has 1 aromatic heterocycles. The summed E-state index contributed by atoms with van der Waals surface area (Å²) in [6, 6.07) is 6.17. The number of hydrogen-bond donors (Lipinski definition) is 1.